The maximum Gasteiger partial charge on any atom is 0.00340 e. The van der Waals surface area contributed by atoms with Crippen molar-refractivity contribution in [3.05, 3.63) is 0 Å². The fraction of sp³-hybridized carbons (Fsp3) is 1.00. The van der Waals surface area contributed by atoms with Gasteiger partial charge in [-0.25, -0.2) is 0 Å². The number of hydrogen-bond acceptors (Lipinski definition) is 2. The van der Waals surface area contributed by atoms with E-state index in [0.29, 0.717) is 0 Å². The van der Waals surface area contributed by atoms with Crippen molar-refractivity contribution in [2.24, 2.45) is 11.3 Å². The third kappa shape index (κ3) is 2.07. The van der Waals surface area contributed by atoms with Crippen LogP contribution in [-0.2, 0) is 0 Å². The van der Waals surface area contributed by atoms with Gasteiger partial charge in [-0.05, 0) is 50.1 Å². The van der Waals surface area contributed by atoms with Crippen LogP contribution in [0.5, 0.6) is 0 Å². The molecule has 0 aromatic carbocycles. The minimum absolute atomic E-state index is 0.800. The van der Waals surface area contributed by atoms with Crippen molar-refractivity contribution < 1.29 is 0 Å². The van der Waals surface area contributed by atoms with Gasteiger partial charge in [0.2, 0.25) is 0 Å². The summed E-state index contributed by atoms with van der Waals surface area (Å²) in [7, 11) is 0. The van der Waals surface area contributed by atoms with E-state index in [2.05, 4.69) is 10.2 Å². The van der Waals surface area contributed by atoms with Gasteiger partial charge in [0.1, 0.15) is 0 Å². The Morgan fingerprint density at radius 1 is 1.00 bits per heavy atom. The molecule has 86 valence electrons. The second-order valence-electron chi connectivity index (χ2n) is 6.03. The van der Waals surface area contributed by atoms with E-state index in [9.17, 15) is 0 Å². The molecule has 1 aliphatic carbocycles. The Kier molecular flexibility index (Phi) is 2.73. The summed E-state index contributed by atoms with van der Waals surface area (Å²) >= 11 is 0. The second kappa shape index (κ2) is 4.06. The first-order valence-corrected chi connectivity index (χ1v) is 6.79. The number of nitrogens with zero attached hydrogens (tertiary/aromatic N) is 1. The Morgan fingerprint density at radius 3 is 2.20 bits per heavy atom. The predicted octanol–water partition coefficient (Wildman–Crippen LogP) is 1.86. The summed E-state index contributed by atoms with van der Waals surface area (Å²) in [5.41, 5.74) is 0.800. The van der Waals surface area contributed by atoms with E-state index in [4.69, 9.17) is 0 Å². The van der Waals surface area contributed by atoms with Gasteiger partial charge in [0, 0.05) is 19.6 Å². The zero-order valence-corrected chi connectivity index (χ0v) is 9.80. The molecule has 2 aliphatic heterocycles. The van der Waals surface area contributed by atoms with Crippen LogP contribution in [0.4, 0.5) is 0 Å². The highest BCUT2D eigenvalue weighted by Gasteiger charge is 2.37. The van der Waals surface area contributed by atoms with Crippen LogP contribution in [0.1, 0.15) is 38.5 Å². The van der Waals surface area contributed by atoms with Crippen LogP contribution in [0.2, 0.25) is 0 Å². The Hall–Kier alpha value is -0.0800. The van der Waals surface area contributed by atoms with Crippen LogP contribution in [-0.4, -0.2) is 37.6 Å². The van der Waals surface area contributed by atoms with Crippen molar-refractivity contribution in [3.63, 3.8) is 0 Å². The molecule has 0 radical (unpaired) electrons. The van der Waals surface area contributed by atoms with Gasteiger partial charge in [0.15, 0.2) is 0 Å². The molecule has 0 atom stereocenters. The van der Waals surface area contributed by atoms with E-state index in [0.717, 1.165) is 11.3 Å². The van der Waals surface area contributed by atoms with Crippen molar-refractivity contribution in [3.8, 4) is 0 Å². The van der Waals surface area contributed by atoms with E-state index >= 15 is 0 Å². The van der Waals surface area contributed by atoms with Crippen LogP contribution < -0.4 is 5.32 Å². The number of piperidine rings is 1. The Bertz CT molecular complexity index is 207. The third-order valence-electron chi connectivity index (χ3n) is 4.96. The first-order chi connectivity index (χ1) is 7.36. The molecular formula is C13H24N2. The van der Waals surface area contributed by atoms with Crippen molar-refractivity contribution in [2.75, 3.05) is 32.7 Å². The van der Waals surface area contributed by atoms with Crippen molar-refractivity contribution in [2.45, 2.75) is 38.5 Å². The molecule has 2 heteroatoms. The lowest BCUT2D eigenvalue weighted by Crippen LogP contribution is -2.50. The van der Waals surface area contributed by atoms with Gasteiger partial charge in [-0.2, -0.15) is 0 Å². The molecule has 15 heavy (non-hydrogen) atoms. The van der Waals surface area contributed by atoms with E-state index in [1.807, 2.05) is 0 Å². The van der Waals surface area contributed by atoms with Crippen LogP contribution in [0.25, 0.3) is 0 Å². The lowest BCUT2D eigenvalue weighted by molar-refractivity contribution is 0.0870. The molecule has 0 amide bonds. The summed E-state index contributed by atoms with van der Waals surface area (Å²) in [5, 5.41) is 3.37. The minimum atomic E-state index is 0.800. The summed E-state index contributed by atoms with van der Waals surface area (Å²) in [5.74, 6) is 0.961. The monoisotopic (exact) mass is 208 g/mol. The van der Waals surface area contributed by atoms with Crippen molar-refractivity contribution in [1.82, 2.24) is 10.2 Å². The Balaban J connectivity index is 1.47. The molecule has 0 unspecified atom stereocenters. The van der Waals surface area contributed by atoms with Crippen LogP contribution in [0.3, 0.4) is 0 Å². The smallest absolute Gasteiger partial charge is 0.00340 e. The Morgan fingerprint density at radius 2 is 1.67 bits per heavy atom. The van der Waals surface area contributed by atoms with Gasteiger partial charge < -0.3 is 10.2 Å². The second-order valence-corrected chi connectivity index (χ2v) is 6.03. The standard InChI is InChI=1S/C13H24N2/c1-2-4-13(3-1)5-7-15(8-6-13)11-12-9-14-10-12/h12,14H,1-11H2. The maximum absolute atomic E-state index is 3.37. The fourth-order valence-electron chi connectivity index (χ4n) is 3.68. The molecular weight excluding hydrogens is 184 g/mol. The van der Waals surface area contributed by atoms with E-state index in [-0.39, 0.29) is 0 Å². The van der Waals surface area contributed by atoms with Crippen LogP contribution >= 0.6 is 0 Å². The molecule has 3 rings (SSSR count). The molecule has 3 fully saturated rings. The lowest BCUT2D eigenvalue weighted by Gasteiger charge is -2.42. The Labute approximate surface area is 93.4 Å². The summed E-state index contributed by atoms with van der Waals surface area (Å²) in [6, 6.07) is 0. The van der Waals surface area contributed by atoms with E-state index in [1.165, 1.54) is 71.2 Å². The minimum Gasteiger partial charge on any atom is -0.316 e. The number of hydrogen-bond donors (Lipinski definition) is 1. The summed E-state index contributed by atoms with van der Waals surface area (Å²) in [6.45, 7) is 6.67. The normalized spacial score (nSPS) is 32.0. The topological polar surface area (TPSA) is 15.3 Å². The molecule has 1 spiro atoms. The maximum atomic E-state index is 3.37. The molecule has 0 aromatic heterocycles. The van der Waals surface area contributed by atoms with Gasteiger partial charge in [-0.15, -0.1) is 0 Å². The first-order valence-electron chi connectivity index (χ1n) is 6.79. The largest absolute Gasteiger partial charge is 0.316 e. The number of nitrogens with one attached hydrogen (secondary N) is 1. The molecule has 2 nitrogen and oxygen atoms in total. The number of rotatable bonds is 2. The van der Waals surface area contributed by atoms with Crippen molar-refractivity contribution in [1.29, 1.82) is 0 Å². The van der Waals surface area contributed by atoms with Crippen LogP contribution in [0, 0.1) is 11.3 Å². The third-order valence-corrected chi connectivity index (χ3v) is 4.96. The quantitative estimate of drug-likeness (QED) is 0.745. The average molecular weight is 208 g/mol. The van der Waals surface area contributed by atoms with Gasteiger partial charge >= 0.3 is 0 Å². The molecule has 0 aromatic rings. The molecule has 2 saturated heterocycles. The van der Waals surface area contributed by atoms with Gasteiger partial charge in [0.05, 0.1) is 0 Å². The zero-order chi connectivity index (χ0) is 10.1. The molecule has 3 aliphatic rings. The molecule has 0 bridgehead atoms. The van der Waals surface area contributed by atoms with E-state index in [1.54, 1.807) is 0 Å². The van der Waals surface area contributed by atoms with Gasteiger partial charge in [0.25, 0.3) is 0 Å². The average Bonchev–Trinajstić information content (AvgIpc) is 2.63. The highest BCUT2D eigenvalue weighted by Crippen LogP contribution is 2.46. The first kappa shape index (κ1) is 10.1. The van der Waals surface area contributed by atoms with Crippen LogP contribution in [0.15, 0.2) is 0 Å². The highest BCUT2D eigenvalue weighted by atomic mass is 15.1. The van der Waals surface area contributed by atoms with Crippen molar-refractivity contribution >= 4 is 0 Å². The highest BCUT2D eigenvalue weighted by molar-refractivity contribution is 4.90. The predicted molar refractivity (Wildman–Crippen MR) is 62.9 cm³/mol. The lowest BCUT2D eigenvalue weighted by atomic mass is 9.77. The fourth-order valence-corrected chi connectivity index (χ4v) is 3.68. The SMILES string of the molecule is C1CCC2(C1)CCN(CC1CNC1)CC2. The molecule has 1 saturated carbocycles. The number of likely N-dealkylation sites (tertiary alicyclic amines) is 1. The van der Waals surface area contributed by atoms with E-state index < -0.39 is 0 Å². The summed E-state index contributed by atoms with van der Waals surface area (Å²) < 4.78 is 0. The van der Waals surface area contributed by atoms with Gasteiger partial charge in [-0.1, -0.05) is 12.8 Å². The summed E-state index contributed by atoms with van der Waals surface area (Å²) in [6.07, 6.45) is 9.07. The zero-order valence-electron chi connectivity index (χ0n) is 9.80. The van der Waals surface area contributed by atoms with Gasteiger partial charge in [-0.3, -0.25) is 0 Å². The molecule has 1 N–H and O–H groups in total. The summed E-state index contributed by atoms with van der Waals surface area (Å²) in [4.78, 5) is 2.72. The molecule has 2 heterocycles.